The van der Waals surface area contributed by atoms with Crippen LogP contribution in [0.15, 0.2) is 18.2 Å². The SMILES string of the molecule is O=C(O)C1CCc2nnc(-c3cc(O)ccc3O)n2C1. The lowest BCUT2D eigenvalue weighted by atomic mass is 9.99. The highest BCUT2D eigenvalue weighted by Gasteiger charge is 2.28. The van der Waals surface area contributed by atoms with Crippen LogP contribution in [0.1, 0.15) is 12.2 Å². The Kier molecular flexibility index (Phi) is 2.81. The van der Waals surface area contributed by atoms with E-state index >= 15 is 0 Å². The van der Waals surface area contributed by atoms with E-state index in [0.717, 1.165) is 0 Å². The summed E-state index contributed by atoms with van der Waals surface area (Å²) in [6.07, 6.45) is 1.06. The monoisotopic (exact) mass is 275 g/mol. The zero-order valence-electron chi connectivity index (χ0n) is 10.5. The Morgan fingerprint density at radius 3 is 2.85 bits per heavy atom. The fourth-order valence-corrected chi connectivity index (χ4v) is 2.43. The first-order valence-electron chi connectivity index (χ1n) is 6.23. The third-order valence-corrected chi connectivity index (χ3v) is 3.52. The molecule has 1 aromatic carbocycles. The van der Waals surface area contributed by atoms with E-state index in [0.29, 0.717) is 30.1 Å². The quantitative estimate of drug-likeness (QED) is 0.706. The third kappa shape index (κ3) is 1.97. The number of phenolic OH excluding ortho intramolecular Hbond substituents is 2. The number of nitrogens with zero attached hydrogens (tertiary/aromatic N) is 3. The molecule has 2 aromatic rings. The highest BCUT2D eigenvalue weighted by atomic mass is 16.4. The van der Waals surface area contributed by atoms with Crippen molar-refractivity contribution in [2.24, 2.45) is 5.92 Å². The van der Waals surface area contributed by atoms with Gasteiger partial charge in [0.25, 0.3) is 0 Å². The molecule has 0 saturated heterocycles. The van der Waals surface area contributed by atoms with Crippen LogP contribution in [0.5, 0.6) is 11.5 Å². The Balaban J connectivity index is 2.07. The van der Waals surface area contributed by atoms with Gasteiger partial charge in [-0.05, 0) is 24.6 Å². The number of phenols is 2. The van der Waals surface area contributed by atoms with Crippen LogP contribution in [0.2, 0.25) is 0 Å². The van der Waals surface area contributed by atoms with Gasteiger partial charge in [0.05, 0.1) is 11.5 Å². The molecule has 0 saturated carbocycles. The highest BCUT2D eigenvalue weighted by molar-refractivity contribution is 5.71. The molecular weight excluding hydrogens is 262 g/mol. The van der Waals surface area contributed by atoms with E-state index in [4.69, 9.17) is 5.11 Å². The molecule has 3 rings (SSSR count). The van der Waals surface area contributed by atoms with E-state index in [1.165, 1.54) is 18.2 Å². The molecular formula is C13H13N3O4. The molecule has 1 atom stereocenters. The first-order chi connectivity index (χ1) is 9.56. The van der Waals surface area contributed by atoms with Crippen molar-refractivity contribution in [2.75, 3.05) is 0 Å². The standard InChI is InChI=1S/C13H13N3O4/c17-8-2-3-10(18)9(5-8)12-15-14-11-4-1-7(13(19)20)6-16(11)12/h2-3,5,7,17-18H,1,4,6H2,(H,19,20). The fraction of sp³-hybridized carbons (Fsp3) is 0.308. The Hall–Kier alpha value is -2.57. The van der Waals surface area contributed by atoms with Crippen LogP contribution in [0.3, 0.4) is 0 Å². The van der Waals surface area contributed by atoms with Gasteiger partial charge in [-0.1, -0.05) is 0 Å². The Morgan fingerprint density at radius 2 is 2.10 bits per heavy atom. The first kappa shape index (κ1) is 12.5. The van der Waals surface area contributed by atoms with E-state index in [9.17, 15) is 15.0 Å². The summed E-state index contributed by atoms with van der Waals surface area (Å²) in [6, 6.07) is 4.12. The predicted molar refractivity (Wildman–Crippen MR) is 68.2 cm³/mol. The number of aliphatic carboxylic acids is 1. The van der Waals surface area contributed by atoms with Gasteiger partial charge in [-0.25, -0.2) is 0 Å². The minimum atomic E-state index is -0.851. The molecule has 0 bridgehead atoms. The van der Waals surface area contributed by atoms with E-state index in [1.807, 2.05) is 0 Å². The average molecular weight is 275 g/mol. The maximum Gasteiger partial charge on any atom is 0.308 e. The maximum absolute atomic E-state index is 11.1. The molecule has 7 nitrogen and oxygen atoms in total. The minimum absolute atomic E-state index is 0.000689. The van der Waals surface area contributed by atoms with Gasteiger partial charge < -0.3 is 19.9 Å². The van der Waals surface area contributed by atoms with Crippen molar-refractivity contribution in [3.05, 3.63) is 24.0 Å². The van der Waals surface area contributed by atoms with Crippen molar-refractivity contribution in [1.82, 2.24) is 14.8 Å². The average Bonchev–Trinajstić information content (AvgIpc) is 2.84. The minimum Gasteiger partial charge on any atom is -0.508 e. The predicted octanol–water partition coefficient (Wildman–Crippen LogP) is 1.00. The van der Waals surface area contributed by atoms with Gasteiger partial charge in [0.15, 0.2) is 5.82 Å². The number of carboxylic acids is 1. The van der Waals surface area contributed by atoms with Crippen molar-refractivity contribution in [1.29, 1.82) is 0 Å². The van der Waals surface area contributed by atoms with E-state index in [2.05, 4.69) is 10.2 Å². The number of aromatic nitrogens is 3. The Labute approximate surface area is 114 Å². The van der Waals surface area contributed by atoms with Crippen molar-refractivity contribution < 1.29 is 20.1 Å². The van der Waals surface area contributed by atoms with Crippen LogP contribution in [0.4, 0.5) is 0 Å². The van der Waals surface area contributed by atoms with Crippen molar-refractivity contribution in [3.63, 3.8) is 0 Å². The summed E-state index contributed by atoms with van der Waals surface area (Å²) in [4.78, 5) is 11.1. The Bertz CT molecular complexity index is 680. The van der Waals surface area contributed by atoms with Crippen LogP contribution >= 0.6 is 0 Å². The molecule has 1 unspecified atom stereocenters. The normalized spacial score (nSPS) is 17.7. The second kappa shape index (κ2) is 4.52. The number of benzene rings is 1. The third-order valence-electron chi connectivity index (χ3n) is 3.52. The number of hydrogen-bond acceptors (Lipinski definition) is 5. The fourth-order valence-electron chi connectivity index (χ4n) is 2.43. The molecule has 0 fully saturated rings. The summed E-state index contributed by atoms with van der Waals surface area (Å²) in [7, 11) is 0. The number of aryl methyl sites for hydroxylation is 1. The summed E-state index contributed by atoms with van der Waals surface area (Å²) in [5, 5.41) is 36.5. The maximum atomic E-state index is 11.1. The molecule has 0 radical (unpaired) electrons. The molecule has 0 aliphatic carbocycles. The molecule has 1 aliphatic heterocycles. The van der Waals surface area contributed by atoms with Gasteiger partial charge in [0, 0.05) is 13.0 Å². The van der Waals surface area contributed by atoms with Gasteiger partial charge in [0.2, 0.25) is 0 Å². The highest BCUT2D eigenvalue weighted by Crippen LogP contribution is 2.33. The number of fused-ring (bicyclic) bond motifs is 1. The summed E-state index contributed by atoms with van der Waals surface area (Å²) in [6.45, 7) is 0.266. The van der Waals surface area contributed by atoms with Crippen LogP contribution in [0.25, 0.3) is 11.4 Å². The number of rotatable bonds is 2. The zero-order valence-corrected chi connectivity index (χ0v) is 10.5. The van der Waals surface area contributed by atoms with E-state index in [1.54, 1.807) is 4.57 Å². The van der Waals surface area contributed by atoms with Crippen molar-refractivity contribution in [3.8, 4) is 22.9 Å². The molecule has 20 heavy (non-hydrogen) atoms. The van der Waals surface area contributed by atoms with Gasteiger partial charge in [-0.3, -0.25) is 4.79 Å². The van der Waals surface area contributed by atoms with Crippen LogP contribution in [0, 0.1) is 5.92 Å². The number of hydrogen-bond donors (Lipinski definition) is 3. The molecule has 104 valence electrons. The summed E-state index contributed by atoms with van der Waals surface area (Å²) in [5.74, 6) is -0.303. The molecule has 7 heteroatoms. The molecule has 1 aromatic heterocycles. The van der Waals surface area contributed by atoms with Gasteiger partial charge in [0.1, 0.15) is 17.3 Å². The van der Waals surface area contributed by atoms with Crippen LogP contribution in [-0.4, -0.2) is 36.1 Å². The molecule has 0 spiro atoms. The van der Waals surface area contributed by atoms with Crippen molar-refractivity contribution in [2.45, 2.75) is 19.4 Å². The summed E-state index contributed by atoms with van der Waals surface area (Å²) < 4.78 is 1.69. The second-order valence-electron chi connectivity index (χ2n) is 4.83. The number of carbonyl (C=O) groups is 1. The molecule has 2 heterocycles. The largest absolute Gasteiger partial charge is 0.508 e. The first-order valence-corrected chi connectivity index (χ1v) is 6.23. The van der Waals surface area contributed by atoms with Crippen LogP contribution in [-0.2, 0) is 17.8 Å². The van der Waals surface area contributed by atoms with Gasteiger partial charge in [-0.2, -0.15) is 0 Å². The Morgan fingerprint density at radius 1 is 1.30 bits per heavy atom. The van der Waals surface area contributed by atoms with Crippen LogP contribution < -0.4 is 0 Å². The molecule has 1 aliphatic rings. The van der Waals surface area contributed by atoms with E-state index < -0.39 is 11.9 Å². The topological polar surface area (TPSA) is 108 Å². The van der Waals surface area contributed by atoms with Gasteiger partial charge in [-0.15, -0.1) is 10.2 Å². The summed E-state index contributed by atoms with van der Waals surface area (Å²) >= 11 is 0. The second-order valence-corrected chi connectivity index (χ2v) is 4.83. The molecule has 0 amide bonds. The lowest BCUT2D eigenvalue weighted by molar-refractivity contribution is -0.142. The lowest BCUT2D eigenvalue weighted by Gasteiger charge is -2.21. The zero-order chi connectivity index (χ0) is 14.3. The number of aromatic hydroxyl groups is 2. The lowest BCUT2D eigenvalue weighted by Crippen LogP contribution is -2.27. The van der Waals surface area contributed by atoms with Gasteiger partial charge >= 0.3 is 5.97 Å². The smallest absolute Gasteiger partial charge is 0.308 e. The summed E-state index contributed by atoms with van der Waals surface area (Å²) in [5.41, 5.74) is 0.342. The van der Waals surface area contributed by atoms with E-state index in [-0.39, 0.29) is 18.0 Å². The number of carboxylic acid groups (broad SMARTS) is 1. The van der Waals surface area contributed by atoms with Crippen molar-refractivity contribution >= 4 is 5.97 Å². The molecule has 3 N–H and O–H groups in total.